The van der Waals surface area contributed by atoms with E-state index >= 15 is 0 Å². The number of rotatable bonds is 4. The maximum atomic E-state index is 11.1. The van der Waals surface area contributed by atoms with Crippen LogP contribution in [0.15, 0.2) is 24.4 Å². The number of nitrogens with one attached hydrogen (secondary N) is 1. The normalized spacial score (nSPS) is 10.1. The van der Waals surface area contributed by atoms with Gasteiger partial charge in [-0.15, -0.1) is 0 Å². The maximum absolute atomic E-state index is 11.1. The number of carboxylic acid groups (broad SMARTS) is 1. The second-order valence-electron chi connectivity index (χ2n) is 4.09. The molecule has 2 aromatic rings. The molecular formula is C13H11ClN4O2. The molecule has 0 spiro atoms. The fourth-order valence-corrected chi connectivity index (χ4v) is 1.96. The topological polar surface area (TPSA) is 90.9 Å². The number of aromatic nitrogens is 2. The van der Waals surface area contributed by atoms with Gasteiger partial charge in [0.2, 0.25) is 0 Å². The van der Waals surface area contributed by atoms with Crippen molar-refractivity contribution in [2.24, 2.45) is 7.05 Å². The van der Waals surface area contributed by atoms with Gasteiger partial charge in [-0.25, -0.2) is 4.79 Å². The molecule has 7 heteroatoms. The van der Waals surface area contributed by atoms with Gasteiger partial charge in [0, 0.05) is 12.1 Å². The number of hydrogen-bond donors (Lipinski definition) is 2. The lowest BCUT2D eigenvalue weighted by atomic mass is 10.2. The molecule has 1 aromatic heterocycles. The molecule has 0 atom stereocenters. The van der Waals surface area contributed by atoms with E-state index in [1.807, 2.05) is 6.07 Å². The van der Waals surface area contributed by atoms with Gasteiger partial charge in [-0.05, 0) is 18.2 Å². The molecule has 0 amide bonds. The smallest absolute Gasteiger partial charge is 0.339 e. The van der Waals surface area contributed by atoms with E-state index in [0.29, 0.717) is 22.0 Å². The van der Waals surface area contributed by atoms with Crippen LogP contribution in [0.3, 0.4) is 0 Å². The number of benzene rings is 1. The summed E-state index contributed by atoms with van der Waals surface area (Å²) in [6.07, 6.45) is 1.29. The van der Waals surface area contributed by atoms with Crippen LogP contribution in [0.2, 0.25) is 5.02 Å². The van der Waals surface area contributed by atoms with Crippen molar-refractivity contribution in [2.45, 2.75) is 6.54 Å². The minimum atomic E-state index is -1.04. The molecule has 0 aliphatic carbocycles. The average molecular weight is 291 g/mol. The number of anilines is 1. The minimum Gasteiger partial charge on any atom is -0.478 e. The van der Waals surface area contributed by atoms with Gasteiger partial charge >= 0.3 is 5.97 Å². The highest BCUT2D eigenvalue weighted by Crippen LogP contribution is 2.21. The first-order valence-corrected chi connectivity index (χ1v) is 6.08. The Hall–Kier alpha value is -2.52. The minimum absolute atomic E-state index is 0.125. The van der Waals surface area contributed by atoms with Gasteiger partial charge in [0.05, 0.1) is 29.7 Å². The Morgan fingerprint density at radius 2 is 2.35 bits per heavy atom. The van der Waals surface area contributed by atoms with E-state index in [0.717, 1.165) is 0 Å². The predicted octanol–water partition coefficient (Wildman–Crippen LogP) is 2.26. The highest BCUT2D eigenvalue weighted by molar-refractivity contribution is 6.30. The fraction of sp³-hybridized carbons (Fsp3) is 0.154. The second-order valence-corrected chi connectivity index (χ2v) is 4.53. The summed E-state index contributed by atoms with van der Waals surface area (Å²) in [5.74, 6) is -1.04. The third kappa shape index (κ3) is 2.73. The van der Waals surface area contributed by atoms with E-state index in [1.54, 1.807) is 25.2 Å². The molecule has 0 bridgehead atoms. The zero-order chi connectivity index (χ0) is 14.7. The largest absolute Gasteiger partial charge is 0.478 e. The van der Waals surface area contributed by atoms with E-state index in [9.17, 15) is 4.79 Å². The van der Waals surface area contributed by atoms with E-state index < -0.39 is 5.97 Å². The van der Waals surface area contributed by atoms with Crippen LogP contribution in [0, 0.1) is 11.3 Å². The summed E-state index contributed by atoms with van der Waals surface area (Å²) in [6.45, 7) is 0.229. The third-order valence-electron chi connectivity index (χ3n) is 2.84. The lowest BCUT2D eigenvalue weighted by molar-refractivity contribution is 0.0695. The van der Waals surface area contributed by atoms with Crippen LogP contribution in [0.4, 0.5) is 5.69 Å². The van der Waals surface area contributed by atoms with E-state index in [1.165, 1.54) is 10.9 Å². The van der Waals surface area contributed by atoms with Crippen LogP contribution in [0.25, 0.3) is 0 Å². The van der Waals surface area contributed by atoms with Gasteiger partial charge < -0.3 is 10.4 Å². The highest BCUT2D eigenvalue weighted by Gasteiger charge is 2.15. The summed E-state index contributed by atoms with van der Waals surface area (Å²) in [7, 11) is 1.66. The molecule has 20 heavy (non-hydrogen) atoms. The van der Waals surface area contributed by atoms with Crippen LogP contribution in [0.5, 0.6) is 0 Å². The SMILES string of the molecule is Cn1ncc(C(=O)O)c1CNc1cc(Cl)ccc1C#N. The van der Waals surface area contributed by atoms with E-state index in [4.69, 9.17) is 22.0 Å². The summed E-state index contributed by atoms with van der Waals surface area (Å²) in [4.78, 5) is 11.1. The first kappa shape index (κ1) is 13.9. The Morgan fingerprint density at radius 1 is 1.60 bits per heavy atom. The second kappa shape index (κ2) is 5.63. The van der Waals surface area contributed by atoms with E-state index in [2.05, 4.69) is 10.4 Å². The van der Waals surface area contributed by atoms with Gasteiger partial charge in [0.1, 0.15) is 11.6 Å². The van der Waals surface area contributed by atoms with Crippen molar-refractivity contribution < 1.29 is 9.90 Å². The molecule has 0 saturated carbocycles. The summed E-state index contributed by atoms with van der Waals surface area (Å²) in [5, 5.41) is 25.5. The van der Waals surface area contributed by atoms with Gasteiger partial charge in [0.25, 0.3) is 0 Å². The Balaban J connectivity index is 2.26. The standard InChI is InChI=1S/C13H11ClN4O2/c1-18-12(10(6-17-18)13(19)20)7-16-11-4-9(14)3-2-8(11)5-15/h2-4,6,16H,7H2,1H3,(H,19,20). The molecule has 0 fully saturated rings. The Labute approximate surface area is 120 Å². The third-order valence-corrected chi connectivity index (χ3v) is 3.08. The predicted molar refractivity (Wildman–Crippen MR) is 73.7 cm³/mol. The quantitative estimate of drug-likeness (QED) is 0.901. The number of carboxylic acids is 1. The number of carbonyl (C=O) groups is 1. The van der Waals surface area contributed by atoms with Crippen molar-refractivity contribution in [1.82, 2.24) is 9.78 Å². The van der Waals surface area contributed by atoms with Crippen LogP contribution < -0.4 is 5.32 Å². The van der Waals surface area contributed by atoms with Crippen molar-refractivity contribution in [3.63, 3.8) is 0 Å². The van der Waals surface area contributed by atoms with Crippen molar-refractivity contribution in [3.05, 3.63) is 46.2 Å². The summed E-state index contributed by atoms with van der Waals surface area (Å²) >= 11 is 5.89. The van der Waals surface area contributed by atoms with Crippen LogP contribution in [-0.4, -0.2) is 20.9 Å². The zero-order valence-electron chi connectivity index (χ0n) is 10.6. The van der Waals surface area contributed by atoms with Crippen LogP contribution in [0.1, 0.15) is 21.6 Å². The molecule has 102 valence electrons. The lowest BCUT2D eigenvalue weighted by Gasteiger charge is -2.09. The Bertz CT molecular complexity index is 703. The van der Waals surface area contributed by atoms with Crippen molar-refractivity contribution in [1.29, 1.82) is 5.26 Å². The van der Waals surface area contributed by atoms with Gasteiger partial charge in [-0.2, -0.15) is 10.4 Å². The molecular weight excluding hydrogens is 280 g/mol. The van der Waals surface area contributed by atoms with Gasteiger partial charge in [0.15, 0.2) is 0 Å². The maximum Gasteiger partial charge on any atom is 0.339 e. The lowest BCUT2D eigenvalue weighted by Crippen LogP contribution is -2.10. The number of aromatic carboxylic acids is 1. The number of nitrogens with zero attached hydrogens (tertiary/aromatic N) is 3. The van der Waals surface area contributed by atoms with Crippen molar-refractivity contribution >= 4 is 23.3 Å². The molecule has 1 aromatic carbocycles. The van der Waals surface area contributed by atoms with E-state index in [-0.39, 0.29) is 12.1 Å². The summed E-state index contributed by atoms with van der Waals surface area (Å²) < 4.78 is 1.48. The van der Waals surface area contributed by atoms with Crippen LogP contribution >= 0.6 is 11.6 Å². The molecule has 2 rings (SSSR count). The molecule has 0 saturated heterocycles. The first-order chi connectivity index (χ1) is 9.52. The summed E-state index contributed by atoms with van der Waals surface area (Å²) in [6, 6.07) is 6.89. The van der Waals surface area contributed by atoms with Gasteiger partial charge in [-0.3, -0.25) is 4.68 Å². The first-order valence-electron chi connectivity index (χ1n) is 5.70. The zero-order valence-corrected chi connectivity index (χ0v) is 11.3. The molecule has 0 aliphatic heterocycles. The molecule has 6 nitrogen and oxygen atoms in total. The highest BCUT2D eigenvalue weighted by atomic mass is 35.5. The average Bonchev–Trinajstić information content (AvgIpc) is 2.78. The van der Waals surface area contributed by atoms with Crippen molar-refractivity contribution in [2.75, 3.05) is 5.32 Å². The Kier molecular flexibility index (Phi) is 3.91. The van der Waals surface area contributed by atoms with Gasteiger partial charge in [-0.1, -0.05) is 11.6 Å². The molecule has 2 N–H and O–H groups in total. The molecule has 0 aliphatic rings. The van der Waals surface area contributed by atoms with Crippen molar-refractivity contribution in [3.8, 4) is 6.07 Å². The number of halogens is 1. The Morgan fingerprint density at radius 3 is 3.00 bits per heavy atom. The fourth-order valence-electron chi connectivity index (χ4n) is 1.79. The number of nitriles is 1. The molecule has 0 radical (unpaired) electrons. The number of hydrogen-bond acceptors (Lipinski definition) is 4. The number of aryl methyl sites for hydroxylation is 1. The monoisotopic (exact) mass is 290 g/mol. The summed E-state index contributed by atoms with van der Waals surface area (Å²) in [5.41, 5.74) is 1.63. The van der Waals surface area contributed by atoms with Crippen LogP contribution in [-0.2, 0) is 13.6 Å². The molecule has 1 heterocycles. The molecule has 0 unspecified atom stereocenters.